The second-order valence-electron chi connectivity index (χ2n) is 4.15. The molecule has 0 saturated heterocycles. The summed E-state index contributed by atoms with van der Waals surface area (Å²) in [5, 5.41) is 2.68. The minimum Gasteiger partial charge on any atom is -0.448 e. The predicted molar refractivity (Wildman–Crippen MR) is 71.7 cm³/mol. The lowest BCUT2D eigenvalue weighted by molar-refractivity contribution is -0.120. The molecule has 0 radical (unpaired) electrons. The largest absolute Gasteiger partial charge is 0.448 e. The van der Waals surface area contributed by atoms with Gasteiger partial charge in [-0.25, -0.2) is 10.8 Å². The van der Waals surface area contributed by atoms with Gasteiger partial charge >= 0.3 is 0 Å². The number of nitrogens with two attached hydrogens (primary N) is 1. The maximum Gasteiger partial charge on any atom is 0.277 e. The topological polar surface area (TPSA) is 110 Å². The highest BCUT2D eigenvalue weighted by Crippen LogP contribution is 2.12. The molecule has 2 aromatic rings. The zero-order valence-electron chi connectivity index (χ0n) is 10.8. The van der Waals surface area contributed by atoms with E-state index < -0.39 is 0 Å². The summed E-state index contributed by atoms with van der Waals surface area (Å²) in [7, 11) is 0. The molecular weight excluding hydrogens is 260 g/mol. The summed E-state index contributed by atoms with van der Waals surface area (Å²) < 4.78 is 4.97. The number of hydrogen-bond acceptors (Lipinski definition) is 5. The Morgan fingerprint density at radius 2 is 2.00 bits per heavy atom. The van der Waals surface area contributed by atoms with Crippen molar-refractivity contribution in [2.75, 3.05) is 5.32 Å². The zero-order chi connectivity index (χ0) is 14.5. The first-order chi connectivity index (χ1) is 9.58. The maximum absolute atomic E-state index is 11.8. The molecule has 0 aliphatic heterocycles. The molecule has 7 heteroatoms. The summed E-state index contributed by atoms with van der Waals surface area (Å²) in [5.41, 5.74) is 3.67. The molecule has 20 heavy (non-hydrogen) atoms. The van der Waals surface area contributed by atoms with Crippen LogP contribution in [0.3, 0.4) is 0 Å². The summed E-state index contributed by atoms with van der Waals surface area (Å²) in [4.78, 5) is 26.9. The summed E-state index contributed by atoms with van der Waals surface area (Å²) in [5.74, 6) is 4.81. The number of amides is 2. The third-order valence-electron chi connectivity index (χ3n) is 2.59. The Morgan fingerprint density at radius 3 is 2.55 bits per heavy atom. The summed E-state index contributed by atoms with van der Waals surface area (Å²) in [6, 6.07) is 6.87. The lowest BCUT2D eigenvalue weighted by atomic mass is 10.1. The van der Waals surface area contributed by atoms with Gasteiger partial charge < -0.3 is 9.73 Å². The monoisotopic (exact) mass is 274 g/mol. The Labute approximate surface area is 115 Å². The number of oxazole rings is 1. The van der Waals surface area contributed by atoms with E-state index in [0.717, 1.165) is 5.56 Å². The smallest absolute Gasteiger partial charge is 0.277 e. The number of benzene rings is 1. The van der Waals surface area contributed by atoms with Crippen LogP contribution in [-0.2, 0) is 11.2 Å². The van der Waals surface area contributed by atoms with Gasteiger partial charge in [-0.15, -0.1) is 0 Å². The highest BCUT2D eigenvalue weighted by Gasteiger charge is 2.10. The number of nitrogens with zero attached hydrogens (tertiary/aromatic N) is 1. The van der Waals surface area contributed by atoms with Crippen LogP contribution < -0.4 is 16.6 Å². The van der Waals surface area contributed by atoms with Gasteiger partial charge in [-0.1, -0.05) is 12.1 Å². The molecular formula is C13H14N4O3. The first-order valence-electron chi connectivity index (χ1n) is 5.90. The van der Waals surface area contributed by atoms with E-state index in [2.05, 4.69) is 15.7 Å². The van der Waals surface area contributed by atoms with Crippen LogP contribution in [0, 0.1) is 6.92 Å². The molecule has 1 aromatic heterocycles. The molecule has 104 valence electrons. The minimum absolute atomic E-state index is 0.188. The van der Waals surface area contributed by atoms with Gasteiger partial charge in [0.25, 0.3) is 5.91 Å². The van der Waals surface area contributed by atoms with Crippen molar-refractivity contribution in [1.82, 2.24) is 10.4 Å². The fourth-order valence-electron chi connectivity index (χ4n) is 1.61. The molecule has 0 spiro atoms. The van der Waals surface area contributed by atoms with Crippen LogP contribution in [0.1, 0.15) is 21.9 Å². The molecule has 2 amide bonds. The fourth-order valence-corrected chi connectivity index (χ4v) is 1.61. The van der Waals surface area contributed by atoms with Crippen molar-refractivity contribution >= 4 is 17.5 Å². The van der Waals surface area contributed by atoms with E-state index in [9.17, 15) is 9.59 Å². The van der Waals surface area contributed by atoms with E-state index in [-0.39, 0.29) is 23.9 Å². The molecule has 1 aromatic carbocycles. The third-order valence-corrected chi connectivity index (χ3v) is 2.59. The zero-order valence-corrected chi connectivity index (χ0v) is 10.8. The number of aromatic nitrogens is 1. The minimum atomic E-state index is -0.352. The number of carbonyl (C=O) groups excluding carboxylic acids is 2. The van der Waals surface area contributed by atoms with Crippen molar-refractivity contribution in [3.05, 3.63) is 47.7 Å². The SMILES string of the molecule is Cc1nc(C(=O)Nc2ccc(CC(=O)NN)cc2)co1. The number of aryl methyl sites for hydroxylation is 1. The van der Waals surface area contributed by atoms with Gasteiger partial charge in [-0.05, 0) is 17.7 Å². The van der Waals surface area contributed by atoms with Crippen molar-refractivity contribution in [1.29, 1.82) is 0 Å². The van der Waals surface area contributed by atoms with Crippen LogP contribution in [0.5, 0.6) is 0 Å². The number of hydrazine groups is 1. The van der Waals surface area contributed by atoms with Crippen molar-refractivity contribution < 1.29 is 14.0 Å². The van der Waals surface area contributed by atoms with E-state index in [1.165, 1.54) is 6.26 Å². The Kier molecular flexibility index (Phi) is 4.11. The van der Waals surface area contributed by atoms with Crippen LogP contribution in [0.2, 0.25) is 0 Å². The van der Waals surface area contributed by atoms with Gasteiger partial charge in [0.2, 0.25) is 5.91 Å². The van der Waals surface area contributed by atoms with Crippen molar-refractivity contribution in [2.24, 2.45) is 5.84 Å². The standard InChI is InChI=1S/C13H14N4O3/c1-8-15-11(7-20-8)13(19)16-10-4-2-9(3-5-10)6-12(18)17-14/h2-5,7H,6,14H2,1H3,(H,16,19)(H,17,18). The molecule has 2 rings (SSSR count). The van der Waals surface area contributed by atoms with Crippen LogP contribution in [0.4, 0.5) is 5.69 Å². The second kappa shape index (κ2) is 5.98. The highest BCUT2D eigenvalue weighted by atomic mass is 16.3. The van der Waals surface area contributed by atoms with Crippen molar-refractivity contribution in [3.63, 3.8) is 0 Å². The maximum atomic E-state index is 11.8. The Balaban J connectivity index is 2.00. The van der Waals surface area contributed by atoms with E-state index >= 15 is 0 Å². The lowest BCUT2D eigenvalue weighted by Crippen LogP contribution is -2.31. The lowest BCUT2D eigenvalue weighted by Gasteiger charge is -2.04. The van der Waals surface area contributed by atoms with Gasteiger partial charge in [0.05, 0.1) is 6.42 Å². The molecule has 0 aliphatic carbocycles. The Hall–Kier alpha value is -2.67. The van der Waals surface area contributed by atoms with E-state index in [4.69, 9.17) is 10.3 Å². The van der Waals surface area contributed by atoms with Crippen LogP contribution >= 0.6 is 0 Å². The fraction of sp³-hybridized carbons (Fsp3) is 0.154. The van der Waals surface area contributed by atoms with Gasteiger partial charge in [-0.2, -0.15) is 0 Å². The summed E-state index contributed by atoms with van der Waals surface area (Å²) >= 11 is 0. The summed E-state index contributed by atoms with van der Waals surface area (Å²) in [6.07, 6.45) is 1.48. The van der Waals surface area contributed by atoms with Crippen molar-refractivity contribution in [2.45, 2.75) is 13.3 Å². The van der Waals surface area contributed by atoms with Gasteiger partial charge in [0, 0.05) is 12.6 Å². The predicted octanol–water partition coefficient (Wildman–Crippen LogP) is 0.768. The van der Waals surface area contributed by atoms with Crippen LogP contribution in [0.15, 0.2) is 34.9 Å². The third kappa shape index (κ3) is 3.42. The highest BCUT2D eigenvalue weighted by molar-refractivity contribution is 6.02. The molecule has 0 fully saturated rings. The number of carbonyl (C=O) groups is 2. The normalized spacial score (nSPS) is 10.1. The van der Waals surface area contributed by atoms with Gasteiger partial charge in [0.15, 0.2) is 11.6 Å². The Bertz CT molecular complexity index is 619. The quantitative estimate of drug-likeness (QED) is 0.433. The number of nitrogens with one attached hydrogen (secondary N) is 2. The van der Waals surface area contributed by atoms with E-state index in [1.54, 1.807) is 31.2 Å². The van der Waals surface area contributed by atoms with Gasteiger partial charge in [-0.3, -0.25) is 15.0 Å². The van der Waals surface area contributed by atoms with Crippen LogP contribution in [-0.4, -0.2) is 16.8 Å². The molecule has 0 unspecified atom stereocenters. The Morgan fingerprint density at radius 1 is 1.30 bits per heavy atom. The number of hydrogen-bond donors (Lipinski definition) is 3. The molecule has 0 atom stereocenters. The first kappa shape index (κ1) is 13.8. The van der Waals surface area contributed by atoms with Gasteiger partial charge in [0.1, 0.15) is 6.26 Å². The number of anilines is 1. The second-order valence-corrected chi connectivity index (χ2v) is 4.15. The first-order valence-corrected chi connectivity index (χ1v) is 5.90. The molecule has 0 saturated carbocycles. The van der Waals surface area contributed by atoms with E-state index in [0.29, 0.717) is 11.6 Å². The van der Waals surface area contributed by atoms with E-state index in [1.807, 2.05) is 0 Å². The average Bonchev–Trinajstić information content (AvgIpc) is 2.87. The van der Waals surface area contributed by atoms with Crippen molar-refractivity contribution in [3.8, 4) is 0 Å². The van der Waals surface area contributed by atoms with Crippen LogP contribution in [0.25, 0.3) is 0 Å². The average molecular weight is 274 g/mol. The molecule has 0 bridgehead atoms. The molecule has 7 nitrogen and oxygen atoms in total. The molecule has 0 aliphatic rings. The molecule has 1 heterocycles. The number of rotatable bonds is 4. The molecule has 4 N–H and O–H groups in total. The summed E-state index contributed by atoms with van der Waals surface area (Å²) in [6.45, 7) is 1.66.